The Kier molecular flexibility index (Phi) is 32.9. The van der Waals surface area contributed by atoms with Gasteiger partial charge in [0, 0.05) is 63.1 Å². The molecular formula is C34H70N12O10S2+4. The Balaban J connectivity index is 5.32. The Hall–Kier alpha value is -3.78. The zero-order chi connectivity index (χ0) is 43.6. The van der Waals surface area contributed by atoms with Gasteiger partial charge in [0.25, 0.3) is 0 Å². The van der Waals surface area contributed by atoms with Crippen LogP contribution in [0.15, 0.2) is 0 Å². The van der Waals surface area contributed by atoms with Gasteiger partial charge in [-0.2, -0.15) is 0 Å². The molecule has 0 aromatic heterocycles. The molecule has 0 saturated carbocycles. The van der Waals surface area contributed by atoms with Crippen molar-refractivity contribution in [2.45, 2.75) is 88.4 Å². The van der Waals surface area contributed by atoms with Gasteiger partial charge in [0.1, 0.15) is 24.2 Å². The van der Waals surface area contributed by atoms with Gasteiger partial charge in [-0.05, 0) is 25.7 Å². The molecule has 22 nitrogen and oxygen atoms in total. The molecule has 0 aliphatic carbocycles. The van der Waals surface area contributed by atoms with Crippen LogP contribution in [0, 0.1) is 0 Å². The van der Waals surface area contributed by atoms with Crippen LogP contribution < -0.4 is 75.7 Å². The van der Waals surface area contributed by atoms with E-state index in [9.17, 15) is 48.6 Å². The third kappa shape index (κ3) is 30.3. The first-order chi connectivity index (χ1) is 27.7. The molecule has 0 aromatic rings. The van der Waals surface area contributed by atoms with E-state index in [-0.39, 0.29) is 50.3 Å². The summed E-state index contributed by atoms with van der Waals surface area (Å²) in [6, 6.07) is -4.64. The number of hydrogen-bond acceptors (Lipinski definition) is 12. The van der Waals surface area contributed by atoms with Crippen LogP contribution in [0.25, 0.3) is 0 Å². The Morgan fingerprint density at radius 2 is 0.879 bits per heavy atom. The van der Waals surface area contributed by atoms with Crippen LogP contribution in [-0.4, -0.2) is 149 Å². The standard InChI is InChI=1S/C34H66N12O10S2/c35-11-5-15-39-13-1-3-17-41-29(49)19-43-31(51)25(45-27(47)9-7-23(37)33(53)54)21-57-58-22-26(46-28(48)10-8-24(38)34(55)56)32(52)44-20-30(50)42-18-4-2-14-40-16-6-12-36/h23-26,39-40H,1-22,35-38H2,(H,41,49)(H,42,50)(H,43,51)(H,44,52)(H,45,47)(H,46,48)(H,53,54)(H,55,56)/p+4/t23-,24-,25-,26-/m0/s1. The number of rotatable bonds is 37. The Morgan fingerprint density at radius 3 is 1.22 bits per heavy atom. The zero-order valence-corrected chi connectivity index (χ0v) is 35.4. The lowest BCUT2D eigenvalue weighted by Gasteiger charge is -2.20. The third-order valence-corrected chi connectivity index (χ3v) is 10.9. The molecule has 0 fully saturated rings. The van der Waals surface area contributed by atoms with Crippen molar-refractivity contribution in [3.63, 3.8) is 0 Å². The highest BCUT2D eigenvalue weighted by atomic mass is 33.1. The van der Waals surface area contributed by atoms with Gasteiger partial charge in [-0.3, -0.25) is 28.8 Å². The number of unbranched alkanes of at least 4 members (excludes halogenated alkanes) is 2. The predicted molar refractivity (Wildman–Crippen MR) is 209 cm³/mol. The Bertz CT molecular complexity index is 1160. The molecule has 0 unspecified atom stereocenters. The van der Waals surface area contributed by atoms with E-state index < -0.39 is 71.5 Å². The molecular weight excluding hydrogens is 801 g/mol. The number of carbonyl (C=O) groups excluding carboxylic acids is 8. The molecule has 6 amide bonds. The summed E-state index contributed by atoms with van der Waals surface area (Å²) < 4.78 is 0. The summed E-state index contributed by atoms with van der Waals surface area (Å²) in [5, 5.41) is 42.0. The highest BCUT2D eigenvalue weighted by Gasteiger charge is 2.25. The predicted octanol–water partition coefficient (Wildman–Crippen LogP) is -12.0. The molecule has 0 aromatic carbocycles. The normalized spacial score (nSPS) is 13.0. The molecule has 0 saturated heterocycles. The molecule has 4 atom stereocenters. The van der Waals surface area contributed by atoms with E-state index in [4.69, 9.17) is 0 Å². The lowest BCUT2D eigenvalue weighted by atomic mass is 10.1. The molecule has 0 rings (SSSR count). The van der Waals surface area contributed by atoms with Crippen molar-refractivity contribution < 1.29 is 82.1 Å². The summed E-state index contributed by atoms with van der Waals surface area (Å²) >= 11 is 0. The second-order valence-corrected chi connectivity index (χ2v) is 16.2. The first-order valence-electron chi connectivity index (χ1n) is 19.9. The largest absolute Gasteiger partial charge is 0.544 e. The molecule has 0 radical (unpaired) electrons. The van der Waals surface area contributed by atoms with Crippen LogP contribution in [0.2, 0.25) is 0 Å². The average Bonchev–Trinajstić information content (AvgIpc) is 3.19. The summed E-state index contributed by atoms with van der Waals surface area (Å²) in [7, 11) is 2.14. The smallest absolute Gasteiger partial charge is 0.243 e. The molecule has 24 heteroatoms. The highest BCUT2D eigenvalue weighted by Crippen LogP contribution is 2.23. The molecule has 58 heavy (non-hydrogen) atoms. The molecule has 0 spiro atoms. The number of aliphatic carboxylic acids is 2. The topological polar surface area (TPSA) is 399 Å². The SMILES string of the molecule is [NH3+]CCC[NH2+]CCCCNC(=O)CNC(=O)[C@H](CSSC[C@H](NC(=O)CC[C@H]([NH3+])C(=O)[O-])C(=O)NCC(=O)NCCCC[NH2+]CCC[NH3+])NC(=O)CC[C@H]([NH3+])C(=O)[O-]. The van der Waals surface area contributed by atoms with Gasteiger partial charge in [-0.15, -0.1) is 0 Å². The van der Waals surface area contributed by atoms with Gasteiger partial charge in [0.2, 0.25) is 35.4 Å². The second-order valence-electron chi connectivity index (χ2n) is 13.6. The Labute approximate surface area is 347 Å². The summed E-state index contributed by atoms with van der Waals surface area (Å²) in [6.45, 7) is 5.76. The van der Waals surface area contributed by atoms with Gasteiger partial charge < -0.3 is 85.3 Å². The molecule has 0 heterocycles. The molecule has 0 aliphatic heterocycles. The first-order valence-corrected chi connectivity index (χ1v) is 22.4. The van der Waals surface area contributed by atoms with Crippen LogP contribution in [0.4, 0.5) is 0 Å². The maximum Gasteiger partial charge on any atom is 0.243 e. The van der Waals surface area contributed by atoms with Gasteiger partial charge in [-0.25, -0.2) is 0 Å². The number of nitrogens with one attached hydrogen (secondary N) is 6. The molecule has 0 aliphatic rings. The average molecular weight is 871 g/mol. The lowest BCUT2D eigenvalue weighted by Crippen LogP contribution is -2.84. The second kappa shape index (κ2) is 35.2. The molecule has 334 valence electrons. The number of nitrogens with two attached hydrogens (primary N) is 2. The van der Waals surface area contributed by atoms with E-state index in [2.05, 4.69) is 65.5 Å². The number of amides is 6. The van der Waals surface area contributed by atoms with Crippen molar-refractivity contribution in [1.82, 2.24) is 31.9 Å². The minimum absolute atomic E-state index is 0.0597. The van der Waals surface area contributed by atoms with E-state index in [0.29, 0.717) is 13.1 Å². The van der Waals surface area contributed by atoms with Crippen LogP contribution in [-0.2, 0) is 38.4 Å². The number of quaternary nitrogens is 6. The highest BCUT2D eigenvalue weighted by molar-refractivity contribution is 8.76. The maximum atomic E-state index is 13.1. The fourth-order valence-electron chi connectivity index (χ4n) is 4.83. The van der Waals surface area contributed by atoms with Crippen LogP contribution in [0.5, 0.6) is 0 Å². The summed E-state index contributed by atoms with van der Waals surface area (Å²) in [4.78, 5) is 98.5. The van der Waals surface area contributed by atoms with E-state index in [1.54, 1.807) is 0 Å². The van der Waals surface area contributed by atoms with Crippen molar-refractivity contribution in [1.29, 1.82) is 0 Å². The van der Waals surface area contributed by atoms with Crippen LogP contribution in [0.3, 0.4) is 0 Å². The molecule has 22 N–H and O–H groups in total. The monoisotopic (exact) mass is 870 g/mol. The van der Waals surface area contributed by atoms with Gasteiger partial charge in [0.15, 0.2) is 0 Å². The Morgan fingerprint density at radius 1 is 0.517 bits per heavy atom. The maximum absolute atomic E-state index is 13.1. The lowest BCUT2D eigenvalue weighted by molar-refractivity contribution is -0.657. The van der Waals surface area contributed by atoms with E-state index in [0.717, 1.165) is 99.4 Å². The van der Waals surface area contributed by atoms with E-state index in [1.165, 1.54) is 0 Å². The summed E-state index contributed by atoms with van der Waals surface area (Å²) in [5.74, 6) is -6.45. The van der Waals surface area contributed by atoms with Gasteiger partial charge >= 0.3 is 0 Å². The van der Waals surface area contributed by atoms with Gasteiger partial charge in [0.05, 0.1) is 64.3 Å². The number of carboxylic acids is 2. The fourth-order valence-corrected chi connectivity index (χ4v) is 7.16. The third-order valence-electron chi connectivity index (χ3n) is 8.44. The fraction of sp³-hybridized carbons (Fsp3) is 0.765. The summed E-state index contributed by atoms with van der Waals surface area (Å²) in [6.07, 6.45) is 4.58. The minimum Gasteiger partial charge on any atom is -0.544 e. The number of hydrogen-bond donors (Lipinski definition) is 12. The van der Waals surface area contributed by atoms with Crippen molar-refractivity contribution in [2.24, 2.45) is 0 Å². The molecule has 0 bridgehead atoms. The van der Waals surface area contributed by atoms with Crippen molar-refractivity contribution in [3.05, 3.63) is 0 Å². The van der Waals surface area contributed by atoms with Gasteiger partial charge in [-0.1, -0.05) is 21.6 Å². The first kappa shape index (κ1) is 54.2. The van der Waals surface area contributed by atoms with Crippen LogP contribution in [0.1, 0.15) is 64.2 Å². The number of carbonyl (C=O) groups is 8. The van der Waals surface area contributed by atoms with Crippen molar-refractivity contribution >= 4 is 69.0 Å². The summed E-state index contributed by atoms with van der Waals surface area (Å²) in [5.41, 5.74) is 14.5. The minimum atomic E-state index is -1.43. The number of carboxylic acid groups (broad SMARTS) is 2. The van der Waals surface area contributed by atoms with Crippen LogP contribution >= 0.6 is 21.6 Å². The van der Waals surface area contributed by atoms with Crippen molar-refractivity contribution in [2.75, 3.05) is 77.0 Å². The zero-order valence-electron chi connectivity index (χ0n) is 33.7. The van der Waals surface area contributed by atoms with E-state index in [1.807, 2.05) is 0 Å². The van der Waals surface area contributed by atoms with E-state index >= 15 is 0 Å². The quantitative estimate of drug-likeness (QED) is 0.0205. The van der Waals surface area contributed by atoms with Crippen molar-refractivity contribution in [3.8, 4) is 0 Å².